The fourth-order valence-electron chi connectivity index (χ4n) is 2.80. The predicted molar refractivity (Wildman–Crippen MR) is 89.6 cm³/mol. The molecule has 1 amide bonds. The molecule has 1 unspecified atom stereocenters. The van der Waals surface area contributed by atoms with Crippen molar-refractivity contribution in [2.45, 2.75) is 44.0 Å². The number of terminal acetylenes is 1. The van der Waals surface area contributed by atoms with Crippen molar-refractivity contribution in [3.63, 3.8) is 0 Å². The molecular formula is C17H22N2O3S. The number of carbonyl (C=O) groups excluding carboxylic acids is 1. The zero-order valence-corrected chi connectivity index (χ0v) is 14.3. The van der Waals surface area contributed by atoms with Crippen molar-refractivity contribution in [1.29, 1.82) is 0 Å². The van der Waals surface area contributed by atoms with Gasteiger partial charge in [0.15, 0.2) is 0 Å². The second-order valence-corrected chi connectivity index (χ2v) is 7.71. The quantitative estimate of drug-likeness (QED) is 0.856. The maximum atomic E-state index is 12.9. The van der Waals surface area contributed by atoms with E-state index < -0.39 is 10.0 Å². The van der Waals surface area contributed by atoms with E-state index in [2.05, 4.69) is 11.2 Å². The van der Waals surface area contributed by atoms with Crippen molar-refractivity contribution < 1.29 is 13.2 Å². The number of piperidine rings is 1. The van der Waals surface area contributed by atoms with Gasteiger partial charge in [0.1, 0.15) is 0 Å². The van der Waals surface area contributed by atoms with Crippen molar-refractivity contribution in [3.05, 3.63) is 29.3 Å². The third kappa shape index (κ3) is 3.74. The lowest BCUT2D eigenvalue weighted by Crippen LogP contribution is -2.42. The number of aryl methyl sites for hydroxylation is 1. The molecule has 0 radical (unpaired) electrons. The summed E-state index contributed by atoms with van der Waals surface area (Å²) in [5.41, 5.74) is 1.05. The number of benzene rings is 1. The summed E-state index contributed by atoms with van der Waals surface area (Å²) in [5.74, 6) is 1.97. The number of nitrogens with one attached hydrogen (secondary N) is 1. The van der Waals surface area contributed by atoms with Crippen LogP contribution >= 0.6 is 0 Å². The van der Waals surface area contributed by atoms with Gasteiger partial charge in [-0.05, 0) is 44.4 Å². The molecule has 124 valence electrons. The number of rotatable bonds is 4. The van der Waals surface area contributed by atoms with Crippen molar-refractivity contribution in [1.82, 2.24) is 9.62 Å². The first kappa shape index (κ1) is 17.5. The van der Waals surface area contributed by atoms with Gasteiger partial charge in [-0.15, -0.1) is 6.42 Å². The van der Waals surface area contributed by atoms with Crippen molar-refractivity contribution >= 4 is 15.9 Å². The summed E-state index contributed by atoms with van der Waals surface area (Å²) < 4.78 is 27.3. The molecule has 6 heteroatoms. The maximum Gasteiger partial charge on any atom is 0.252 e. The number of carbonyl (C=O) groups is 1. The minimum absolute atomic E-state index is 0.0197. The van der Waals surface area contributed by atoms with Crippen LogP contribution in [0.4, 0.5) is 0 Å². The van der Waals surface area contributed by atoms with Crippen LogP contribution in [0.5, 0.6) is 0 Å². The summed E-state index contributed by atoms with van der Waals surface area (Å²) >= 11 is 0. The van der Waals surface area contributed by atoms with Gasteiger partial charge in [-0.2, -0.15) is 4.31 Å². The fraction of sp³-hybridized carbons (Fsp3) is 0.471. The topological polar surface area (TPSA) is 66.5 Å². The lowest BCUT2D eigenvalue weighted by Gasteiger charge is -2.32. The second kappa shape index (κ2) is 7.16. The molecule has 1 fully saturated rings. The summed E-state index contributed by atoms with van der Waals surface area (Å²) in [7, 11) is -3.59. The molecule has 0 aromatic heterocycles. The van der Waals surface area contributed by atoms with E-state index in [0.717, 1.165) is 19.3 Å². The monoisotopic (exact) mass is 334 g/mol. The number of hydrogen-bond donors (Lipinski definition) is 1. The third-order valence-corrected chi connectivity index (χ3v) is 6.16. The molecule has 1 N–H and O–H groups in total. The largest absolute Gasteiger partial charge is 0.341 e. The Morgan fingerprint density at radius 1 is 1.43 bits per heavy atom. The van der Waals surface area contributed by atoms with Gasteiger partial charge in [-0.3, -0.25) is 4.79 Å². The number of nitrogens with zero attached hydrogens (tertiary/aromatic N) is 1. The van der Waals surface area contributed by atoms with Crippen LogP contribution in [0.3, 0.4) is 0 Å². The van der Waals surface area contributed by atoms with Gasteiger partial charge >= 0.3 is 0 Å². The number of hydrogen-bond acceptors (Lipinski definition) is 3. The molecular weight excluding hydrogens is 312 g/mol. The van der Waals surface area contributed by atoms with Crippen LogP contribution < -0.4 is 5.32 Å². The van der Waals surface area contributed by atoms with E-state index in [4.69, 9.17) is 6.42 Å². The van der Waals surface area contributed by atoms with Crippen molar-refractivity contribution in [3.8, 4) is 12.3 Å². The molecule has 1 aromatic rings. The van der Waals surface area contributed by atoms with Crippen LogP contribution in [-0.2, 0) is 10.0 Å². The molecule has 1 aromatic carbocycles. The van der Waals surface area contributed by atoms with Gasteiger partial charge in [-0.1, -0.05) is 18.4 Å². The van der Waals surface area contributed by atoms with E-state index in [1.807, 2.05) is 6.92 Å². The average Bonchev–Trinajstić information content (AvgIpc) is 2.53. The molecule has 2 rings (SSSR count). The van der Waals surface area contributed by atoms with E-state index in [1.165, 1.54) is 10.4 Å². The Hall–Kier alpha value is -1.84. The molecule has 0 bridgehead atoms. The van der Waals surface area contributed by atoms with E-state index in [9.17, 15) is 13.2 Å². The highest BCUT2D eigenvalue weighted by molar-refractivity contribution is 7.89. The average molecular weight is 334 g/mol. The van der Waals surface area contributed by atoms with Crippen LogP contribution in [0.25, 0.3) is 0 Å². The fourth-order valence-corrected chi connectivity index (χ4v) is 4.52. The Morgan fingerprint density at radius 3 is 2.83 bits per heavy atom. The standard InChI is InChI=1S/C17H22N2O3S/c1-4-10-18-17(20)16-12-15(9-8-13(16)2)23(21,22)19-11-6-5-7-14(19)3/h1,8-9,12,14H,5-7,10-11H2,2-3H3,(H,18,20). The van der Waals surface area contributed by atoms with E-state index in [-0.39, 0.29) is 23.4 Å². The van der Waals surface area contributed by atoms with Gasteiger partial charge in [0.25, 0.3) is 5.91 Å². The summed E-state index contributed by atoms with van der Waals surface area (Å²) in [6.45, 7) is 4.32. The summed E-state index contributed by atoms with van der Waals surface area (Å²) in [6.07, 6.45) is 7.91. The normalized spacial score (nSPS) is 19.1. The van der Waals surface area contributed by atoms with Crippen molar-refractivity contribution in [2.24, 2.45) is 0 Å². The summed E-state index contributed by atoms with van der Waals surface area (Å²) in [5, 5.41) is 2.57. The Balaban J connectivity index is 2.36. The highest BCUT2D eigenvalue weighted by atomic mass is 32.2. The molecule has 0 spiro atoms. The van der Waals surface area contributed by atoms with Crippen LogP contribution in [-0.4, -0.2) is 37.8 Å². The second-order valence-electron chi connectivity index (χ2n) is 5.82. The Kier molecular flexibility index (Phi) is 5.45. The first-order valence-corrected chi connectivity index (χ1v) is 9.16. The SMILES string of the molecule is C#CCNC(=O)c1cc(S(=O)(=O)N2CCCCC2C)ccc1C. The Labute approximate surface area is 138 Å². The molecule has 1 atom stereocenters. The van der Waals surface area contributed by atoms with Gasteiger partial charge in [0.2, 0.25) is 10.0 Å². The molecule has 1 aliphatic heterocycles. The first-order chi connectivity index (χ1) is 10.9. The van der Waals surface area contributed by atoms with E-state index in [0.29, 0.717) is 17.7 Å². The number of sulfonamides is 1. The summed E-state index contributed by atoms with van der Waals surface area (Å²) in [4.78, 5) is 12.3. The van der Waals surface area contributed by atoms with Crippen LogP contribution in [0.2, 0.25) is 0 Å². The Morgan fingerprint density at radius 2 is 2.17 bits per heavy atom. The molecule has 1 aliphatic rings. The van der Waals surface area contributed by atoms with E-state index >= 15 is 0 Å². The Bertz CT molecular complexity index is 735. The van der Waals surface area contributed by atoms with Crippen molar-refractivity contribution in [2.75, 3.05) is 13.1 Å². The highest BCUT2D eigenvalue weighted by Crippen LogP contribution is 2.26. The smallest absolute Gasteiger partial charge is 0.252 e. The van der Waals surface area contributed by atoms with Gasteiger partial charge in [0.05, 0.1) is 11.4 Å². The van der Waals surface area contributed by atoms with Crippen LogP contribution in [0, 0.1) is 19.3 Å². The molecule has 0 aliphatic carbocycles. The molecule has 1 saturated heterocycles. The minimum Gasteiger partial charge on any atom is -0.341 e. The third-order valence-electron chi connectivity index (χ3n) is 4.15. The predicted octanol–water partition coefficient (Wildman–Crippen LogP) is 1.92. The first-order valence-electron chi connectivity index (χ1n) is 7.72. The van der Waals surface area contributed by atoms with E-state index in [1.54, 1.807) is 19.1 Å². The number of amides is 1. The van der Waals surface area contributed by atoms with Crippen LogP contribution in [0.15, 0.2) is 23.1 Å². The van der Waals surface area contributed by atoms with Crippen LogP contribution in [0.1, 0.15) is 42.1 Å². The zero-order chi connectivity index (χ0) is 17.0. The lowest BCUT2D eigenvalue weighted by molar-refractivity contribution is 0.0958. The highest BCUT2D eigenvalue weighted by Gasteiger charge is 2.31. The molecule has 23 heavy (non-hydrogen) atoms. The summed E-state index contributed by atoms with van der Waals surface area (Å²) in [6, 6.07) is 4.64. The van der Waals surface area contributed by atoms with Gasteiger partial charge < -0.3 is 5.32 Å². The maximum absolute atomic E-state index is 12.9. The van der Waals surface area contributed by atoms with Gasteiger partial charge in [0, 0.05) is 18.2 Å². The molecule has 5 nitrogen and oxygen atoms in total. The van der Waals surface area contributed by atoms with Gasteiger partial charge in [-0.25, -0.2) is 8.42 Å². The minimum atomic E-state index is -3.59. The zero-order valence-electron chi connectivity index (χ0n) is 13.5. The molecule has 0 saturated carbocycles. The molecule has 1 heterocycles. The lowest BCUT2D eigenvalue weighted by atomic mass is 10.1.